The minimum Gasteiger partial charge on any atom is -0.386 e. The molecule has 0 aliphatic carbocycles. The van der Waals surface area contributed by atoms with Crippen LogP contribution in [0.2, 0.25) is 0 Å². The number of ether oxygens (including phenoxy) is 1. The van der Waals surface area contributed by atoms with Crippen LogP contribution >= 0.6 is 7.82 Å². The highest BCUT2D eigenvalue weighted by Crippen LogP contribution is 2.52. The molecule has 11 nitrogen and oxygen atoms in total. The van der Waals surface area contributed by atoms with Gasteiger partial charge < -0.3 is 20.5 Å². The summed E-state index contributed by atoms with van der Waals surface area (Å²) in [5, 5.41) is 10.4. The molecular formula is C10H12N5O6P. The van der Waals surface area contributed by atoms with Gasteiger partial charge in [0, 0.05) is 0 Å². The topological polar surface area (TPSA) is 155 Å². The number of aliphatic hydroxyl groups excluding tert-OH is 1. The predicted octanol–water partition coefficient (Wildman–Crippen LogP) is -0.817. The van der Waals surface area contributed by atoms with E-state index in [4.69, 9.17) is 15.0 Å². The number of rotatable bonds is 1. The van der Waals surface area contributed by atoms with Gasteiger partial charge in [0.15, 0.2) is 17.7 Å². The van der Waals surface area contributed by atoms with Crippen molar-refractivity contribution < 1.29 is 28.3 Å². The normalized spacial score (nSPS) is 38.3. The van der Waals surface area contributed by atoms with Crippen molar-refractivity contribution in [1.29, 1.82) is 0 Å². The highest BCUT2D eigenvalue weighted by Gasteiger charge is 2.52. The number of aromatic nitrogens is 4. The molecule has 22 heavy (non-hydrogen) atoms. The molecular weight excluding hydrogens is 317 g/mol. The third kappa shape index (κ3) is 2.02. The molecule has 0 spiro atoms. The van der Waals surface area contributed by atoms with Crippen molar-refractivity contribution in [2.75, 3.05) is 12.3 Å². The summed E-state index contributed by atoms with van der Waals surface area (Å²) in [5.41, 5.74) is 6.46. The van der Waals surface area contributed by atoms with Gasteiger partial charge >= 0.3 is 7.82 Å². The zero-order valence-electron chi connectivity index (χ0n) is 11.0. The Labute approximate surface area is 123 Å². The minimum atomic E-state index is -4.16. The van der Waals surface area contributed by atoms with E-state index in [1.54, 1.807) is 0 Å². The zero-order valence-corrected chi connectivity index (χ0v) is 11.9. The number of phosphoric acid groups is 1. The molecule has 0 aromatic carbocycles. The Kier molecular flexibility index (Phi) is 2.98. The van der Waals surface area contributed by atoms with Crippen LogP contribution in [0.15, 0.2) is 12.7 Å². The quantitative estimate of drug-likeness (QED) is 0.565. The van der Waals surface area contributed by atoms with E-state index in [0.29, 0.717) is 11.2 Å². The lowest BCUT2D eigenvalue weighted by atomic mass is 10.1. The molecule has 3 unspecified atom stereocenters. The van der Waals surface area contributed by atoms with Crippen LogP contribution < -0.4 is 5.73 Å². The molecule has 2 aromatic heterocycles. The number of nitrogens with two attached hydrogens (primary N) is 1. The van der Waals surface area contributed by atoms with Crippen LogP contribution in [0.1, 0.15) is 6.23 Å². The molecule has 0 amide bonds. The largest absolute Gasteiger partial charge is 0.472 e. The first kappa shape index (κ1) is 14.0. The number of nitrogens with zero attached hydrogens (tertiary/aromatic N) is 4. The van der Waals surface area contributed by atoms with Crippen LogP contribution in [0.5, 0.6) is 0 Å². The first-order chi connectivity index (χ1) is 10.5. The van der Waals surface area contributed by atoms with Gasteiger partial charge in [-0.05, 0) is 0 Å². The summed E-state index contributed by atoms with van der Waals surface area (Å²) in [6.07, 6.45) is -1.07. The number of nitrogen functional groups attached to an aromatic ring is 1. The van der Waals surface area contributed by atoms with Gasteiger partial charge in [-0.1, -0.05) is 0 Å². The fourth-order valence-electron chi connectivity index (χ4n) is 2.62. The van der Waals surface area contributed by atoms with Crippen LogP contribution in [0.25, 0.3) is 11.2 Å². The Morgan fingerprint density at radius 3 is 3.05 bits per heavy atom. The van der Waals surface area contributed by atoms with Crippen molar-refractivity contribution in [3.63, 3.8) is 0 Å². The van der Waals surface area contributed by atoms with Crippen molar-refractivity contribution in [3.8, 4) is 0 Å². The number of aliphatic hydroxyl groups is 1. The summed E-state index contributed by atoms with van der Waals surface area (Å²) in [4.78, 5) is 21.3. The van der Waals surface area contributed by atoms with E-state index >= 15 is 0 Å². The van der Waals surface area contributed by atoms with Gasteiger partial charge in [0.1, 0.15) is 30.2 Å². The maximum Gasteiger partial charge on any atom is 0.472 e. The van der Waals surface area contributed by atoms with Crippen molar-refractivity contribution in [3.05, 3.63) is 12.7 Å². The molecule has 0 saturated carbocycles. The van der Waals surface area contributed by atoms with Crippen LogP contribution in [-0.4, -0.2) is 54.4 Å². The fourth-order valence-corrected chi connectivity index (χ4v) is 3.59. The van der Waals surface area contributed by atoms with Crippen LogP contribution in [0.4, 0.5) is 5.82 Å². The molecule has 2 saturated heterocycles. The molecule has 4 rings (SSSR count). The summed E-state index contributed by atoms with van der Waals surface area (Å²) in [5.74, 6) is 0.202. The number of hydrogen-bond donors (Lipinski definition) is 3. The maximum atomic E-state index is 11.5. The second kappa shape index (κ2) is 4.69. The van der Waals surface area contributed by atoms with E-state index in [1.165, 1.54) is 17.2 Å². The van der Waals surface area contributed by atoms with Gasteiger partial charge in [-0.3, -0.25) is 13.6 Å². The second-order valence-electron chi connectivity index (χ2n) is 4.97. The highest BCUT2D eigenvalue weighted by atomic mass is 31.2. The minimum absolute atomic E-state index is 0.157. The van der Waals surface area contributed by atoms with E-state index in [-0.39, 0.29) is 12.4 Å². The average molecular weight is 329 g/mol. The summed E-state index contributed by atoms with van der Waals surface area (Å²) >= 11 is 0. The van der Waals surface area contributed by atoms with Gasteiger partial charge in [-0.2, -0.15) is 0 Å². The Hall–Kier alpha value is -1.62. The Morgan fingerprint density at radius 1 is 1.41 bits per heavy atom. The number of hydrogen-bond acceptors (Lipinski definition) is 9. The van der Waals surface area contributed by atoms with Crippen LogP contribution in [0.3, 0.4) is 0 Å². The van der Waals surface area contributed by atoms with E-state index < -0.39 is 32.4 Å². The van der Waals surface area contributed by atoms with Crippen molar-refractivity contribution in [2.45, 2.75) is 24.5 Å². The lowest BCUT2D eigenvalue weighted by molar-refractivity contribution is -0.0664. The van der Waals surface area contributed by atoms with E-state index in [2.05, 4.69) is 19.5 Å². The molecule has 2 aromatic rings. The van der Waals surface area contributed by atoms with Crippen molar-refractivity contribution in [2.24, 2.45) is 0 Å². The molecule has 0 bridgehead atoms. The SMILES string of the molecule is Nc1ncnc2c1ncn2C1O[C@@H]2COP(=O)(O)O[C@@H]2C1O. The van der Waals surface area contributed by atoms with E-state index in [1.807, 2.05) is 0 Å². The van der Waals surface area contributed by atoms with Gasteiger partial charge in [0.2, 0.25) is 0 Å². The molecule has 2 aliphatic heterocycles. The van der Waals surface area contributed by atoms with Crippen LogP contribution in [-0.2, 0) is 18.3 Å². The van der Waals surface area contributed by atoms with Crippen molar-refractivity contribution >= 4 is 24.8 Å². The lowest BCUT2D eigenvalue weighted by Gasteiger charge is -2.27. The third-order valence-electron chi connectivity index (χ3n) is 3.63. The Balaban J connectivity index is 1.71. The Bertz CT molecular complexity index is 782. The molecule has 12 heteroatoms. The lowest BCUT2D eigenvalue weighted by Crippen LogP contribution is -2.39. The molecule has 0 radical (unpaired) electrons. The second-order valence-corrected chi connectivity index (χ2v) is 6.38. The first-order valence-corrected chi connectivity index (χ1v) is 7.88. The average Bonchev–Trinajstić information content (AvgIpc) is 3.01. The smallest absolute Gasteiger partial charge is 0.386 e. The van der Waals surface area contributed by atoms with Gasteiger partial charge in [-0.15, -0.1) is 0 Å². The van der Waals surface area contributed by atoms with Gasteiger partial charge in [-0.25, -0.2) is 19.5 Å². The van der Waals surface area contributed by atoms with Gasteiger partial charge in [0.05, 0.1) is 12.9 Å². The molecule has 5 atom stereocenters. The maximum absolute atomic E-state index is 11.5. The third-order valence-corrected chi connectivity index (χ3v) is 4.61. The summed E-state index contributed by atoms with van der Waals surface area (Å²) < 4.78 is 28.2. The standard InChI is InChI=1S/C10H12N5O6P/c11-8-5-9(13-2-12-8)15(3-14-5)10-6(16)7-4(20-10)1-19-22(17,18)21-7/h2-4,6-7,10,16H,1H2,(H,17,18)(H2,11,12,13)/t4-,6?,7+,10?/m1/s1. The Morgan fingerprint density at radius 2 is 2.23 bits per heavy atom. The fraction of sp³-hybridized carbons (Fsp3) is 0.500. The number of fused-ring (bicyclic) bond motifs is 2. The van der Waals surface area contributed by atoms with E-state index in [9.17, 15) is 14.6 Å². The summed E-state index contributed by atoms with van der Waals surface area (Å²) in [6.45, 7) is -0.157. The van der Waals surface area contributed by atoms with Gasteiger partial charge in [0.25, 0.3) is 0 Å². The van der Waals surface area contributed by atoms with E-state index in [0.717, 1.165) is 0 Å². The van der Waals surface area contributed by atoms with Crippen molar-refractivity contribution in [1.82, 2.24) is 19.5 Å². The zero-order chi connectivity index (χ0) is 15.5. The monoisotopic (exact) mass is 329 g/mol. The van der Waals surface area contributed by atoms with Crippen LogP contribution in [0, 0.1) is 0 Å². The molecule has 2 fully saturated rings. The number of imidazole rings is 1. The summed E-state index contributed by atoms with van der Waals surface area (Å²) in [6, 6.07) is 0. The first-order valence-electron chi connectivity index (χ1n) is 6.38. The molecule has 4 N–H and O–H groups in total. The summed E-state index contributed by atoms with van der Waals surface area (Å²) in [7, 11) is -4.16. The molecule has 2 aliphatic rings. The molecule has 118 valence electrons. The molecule has 4 heterocycles. The highest BCUT2D eigenvalue weighted by molar-refractivity contribution is 7.47. The number of anilines is 1. The number of phosphoric ester groups is 1. The predicted molar refractivity (Wildman–Crippen MR) is 70.3 cm³/mol.